The summed E-state index contributed by atoms with van der Waals surface area (Å²) in [4.78, 5) is 18.2. The molecule has 2 atom stereocenters. The number of methoxy groups -OCH3 is 1. The van der Waals surface area contributed by atoms with E-state index in [1.165, 1.54) is 12.7 Å². The van der Waals surface area contributed by atoms with Gasteiger partial charge in [0.05, 0.1) is 19.8 Å². The van der Waals surface area contributed by atoms with Gasteiger partial charge in [0.25, 0.3) is 0 Å². The number of aliphatic hydroxyl groups excluding tert-OH is 1. The molecule has 6 heteroatoms. The Morgan fingerprint density at radius 2 is 2.13 bits per heavy atom. The lowest BCUT2D eigenvalue weighted by Crippen LogP contribution is -2.37. The van der Waals surface area contributed by atoms with Crippen LogP contribution < -0.4 is 0 Å². The van der Waals surface area contributed by atoms with E-state index in [1.807, 2.05) is 29.3 Å². The molecule has 3 rings (SSSR count). The van der Waals surface area contributed by atoms with E-state index in [0.717, 1.165) is 12.4 Å². The van der Waals surface area contributed by atoms with E-state index in [1.54, 1.807) is 6.20 Å². The van der Waals surface area contributed by atoms with Gasteiger partial charge in [0.1, 0.15) is 11.9 Å². The molecule has 0 radical (unpaired) electrons. The smallest absolute Gasteiger partial charge is 0.323 e. The number of likely N-dealkylation sites (tertiary alicyclic amines) is 1. The number of imidazole rings is 1. The fourth-order valence-electron chi connectivity index (χ4n) is 3.03. The maximum Gasteiger partial charge on any atom is 0.323 e. The Morgan fingerprint density at radius 1 is 1.35 bits per heavy atom. The summed E-state index contributed by atoms with van der Waals surface area (Å²) in [7, 11) is 1.38. The van der Waals surface area contributed by atoms with Crippen LogP contribution in [-0.4, -0.2) is 51.3 Å². The van der Waals surface area contributed by atoms with E-state index in [9.17, 15) is 9.90 Å². The molecule has 0 spiro atoms. The molecule has 1 aliphatic heterocycles. The molecule has 0 aliphatic carbocycles. The van der Waals surface area contributed by atoms with Gasteiger partial charge >= 0.3 is 5.97 Å². The fourth-order valence-corrected chi connectivity index (χ4v) is 3.03. The number of ether oxygens (including phenoxy) is 1. The van der Waals surface area contributed by atoms with Gasteiger partial charge in [-0.1, -0.05) is 30.3 Å². The van der Waals surface area contributed by atoms with Crippen molar-refractivity contribution in [3.05, 3.63) is 54.1 Å². The normalized spacial score (nSPS) is 21.5. The van der Waals surface area contributed by atoms with Crippen LogP contribution in [-0.2, 0) is 22.6 Å². The number of nitrogens with zero attached hydrogens (tertiary/aromatic N) is 3. The van der Waals surface area contributed by atoms with Crippen molar-refractivity contribution in [2.45, 2.75) is 31.7 Å². The van der Waals surface area contributed by atoms with E-state index < -0.39 is 12.1 Å². The Balaban J connectivity index is 1.73. The average molecular weight is 315 g/mol. The standard InChI is InChI=1S/C17H21N3O3/c1-23-17(22)15-9-14(21)11-20(15)12-16-18-7-8-19(16)10-13-5-3-2-4-6-13/h2-8,14-15,21H,9-12H2,1H3/t14-,15-/m1/s1. The van der Waals surface area contributed by atoms with Crippen molar-refractivity contribution in [2.24, 2.45) is 0 Å². The molecule has 0 bridgehead atoms. The van der Waals surface area contributed by atoms with E-state index in [4.69, 9.17) is 4.74 Å². The second kappa shape index (κ2) is 6.93. The fraction of sp³-hybridized carbons (Fsp3) is 0.412. The first-order valence-corrected chi connectivity index (χ1v) is 7.71. The molecule has 2 aromatic rings. The summed E-state index contributed by atoms with van der Waals surface area (Å²) in [5, 5.41) is 9.87. The predicted octanol–water partition coefficient (Wildman–Crippen LogP) is 1.04. The highest BCUT2D eigenvalue weighted by atomic mass is 16.5. The van der Waals surface area contributed by atoms with Gasteiger partial charge in [-0.25, -0.2) is 4.98 Å². The van der Waals surface area contributed by atoms with Gasteiger partial charge in [-0.3, -0.25) is 9.69 Å². The van der Waals surface area contributed by atoms with Crippen LogP contribution in [0.15, 0.2) is 42.7 Å². The zero-order valence-corrected chi connectivity index (χ0v) is 13.1. The number of aromatic nitrogens is 2. The zero-order chi connectivity index (χ0) is 16.2. The molecule has 1 saturated heterocycles. The molecule has 1 fully saturated rings. The summed E-state index contributed by atoms with van der Waals surface area (Å²) in [6.07, 6.45) is 3.60. The number of esters is 1. The third-order valence-corrected chi connectivity index (χ3v) is 4.20. The van der Waals surface area contributed by atoms with Crippen LogP contribution in [0.1, 0.15) is 17.8 Å². The summed E-state index contributed by atoms with van der Waals surface area (Å²) < 4.78 is 6.90. The average Bonchev–Trinajstić information content (AvgIpc) is 3.15. The number of β-amino-alcohol motifs (C(OH)–C–C–N with tert-alkyl or cyclic N) is 1. The zero-order valence-electron chi connectivity index (χ0n) is 13.1. The third-order valence-electron chi connectivity index (χ3n) is 4.20. The number of hydrogen-bond donors (Lipinski definition) is 1. The van der Waals surface area contributed by atoms with Crippen molar-refractivity contribution in [1.82, 2.24) is 14.5 Å². The highest BCUT2D eigenvalue weighted by molar-refractivity contribution is 5.76. The van der Waals surface area contributed by atoms with Crippen molar-refractivity contribution >= 4 is 5.97 Å². The van der Waals surface area contributed by atoms with Crippen molar-refractivity contribution in [3.63, 3.8) is 0 Å². The van der Waals surface area contributed by atoms with E-state index >= 15 is 0 Å². The van der Waals surface area contributed by atoms with E-state index in [2.05, 4.69) is 21.7 Å². The van der Waals surface area contributed by atoms with Crippen molar-refractivity contribution in [2.75, 3.05) is 13.7 Å². The van der Waals surface area contributed by atoms with E-state index in [-0.39, 0.29) is 5.97 Å². The molecule has 0 saturated carbocycles. The Labute approximate surface area is 135 Å². The minimum Gasteiger partial charge on any atom is -0.468 e. The second-order valence-corrected chi connectivity index (χ2v) is 5.81. The van der Waals surface area contributed by atoms with Crippen LogP contribution in [0.4, 0.5) is 0 Å². The minimum absolute atomic E-state index is 0.303. The number of carbonyl (C=O) groups is 1. The minimum atomic E-state index is -0.503. The highest BCUT2D eigenvalue weighted by Gasteiger charge is 2.37. The molecule has 1 aromatic heterocycles. The lowest BCUT2D eigenvalue weighted by molar-refractivity contribution is -0.146. The van der Waals surface area contributed by atoms with Gasteiger partial charge in [0.15, 0.2) is 0 Å². The lowest BCUT2D eigenvalue weighted by atomic mass is 10.2. The van der Waals surface area contributed by atoms with Crippen LogP contribution in [0.5, 0.6) is 0 Å². The van der Waals surface area contributed by atoms with Gasteiger partial charge in [0, 0.05) is 31.9 Å². The molecular weight excluding hydrogens is 294 g/mol. The van der Waals surface area contributed by atoms with Gasteiger partial charge in [-0.15, -0.1) is 0 Å². The first-order chi connectivity index (χ1) is 11.2. The summed E-state index contributed by atoms with van der Waals surface area (Å²) in [6, 6.07) is 9.75. The quantitative estimate of drug-likeness (QED) is 0.835. The van der Waals surface area contributed by atoms with Crippen LogP contribution in [0.2, 0.25) is 0 Å². The molecule has 1 N–H and O–H groups in total. The Kier molecular flexibility index (Phi) is 4.73. The summed E-state index contributed by atoms with van der Waals surface area (Å²) in [6.45, 7) is 1.70. The van der Waals surface area contributed by atoms with Crippen LogP contribution >= 0.6 is 0 Å². The van der Waals surface area contributed by atoms with Crippen molar-refractivity contribution in [1.29, 1.82) is 0 Å². The van der Waals surface area contributed by atoms with E-state index in [0.29, 0.717) is 19.5 Å². The molecule has 122 valence electrons. The number of rotatable bonds is 5. The Bertz CT molecular complexity index is 656. The van der Waals surface area contributed by atoms with Crippen LogP contribution in [0.3, 0.4) is 0 Å². The molecular formula is C17H21N3O3. The summed E-state index contributed by atoms with van der Waals surface area (Å²) >= 11 is 0. The Morgan fingerprint density at radius 3 is 2.87 bits per heavy atom. The number of benzene rings is 1. The van der Waals surface area contributed by atoms with Gasteiger partial charge in [-0.2, -0.15) is 0 Å². The van der Waals surface area contributed by atoms with Gasteiger partial charge in [0.2, 0.25) is 0 Å². The molecule has 0 amide bonds. The van der Waals surface area contributed by atoms with Crippen molar-refractivity contribution < 1.29 is 14.6 Å². The maximum atomic E-state index is 11.9. The van der Waals surface area contributed by atoms with Crippen molar-refractivity contribution in [3.8, 4) is 0 Å². The molecule has 1 aliphatic rings. The Hall–Kier alpha value is -2.18. The van der Waals surface area contributed by atoms with Gasteiger partial charge in [-0.05, 0) is 5.56 Å². The molecule has 1 aromatic carbocycles. The molecule has 2 heterocycles. The first-order valence-electron chi connectivity index (χ1n) is 7.71. The number of hydrogen-bond acceptors (Lipinski definition) is 5. The third kappa shape index (κ3) is 3.60. The summed E-state index contributed by atoms with van der Waals surface area (Å²) in [5.41, 5.74) is 1.19. The van der Waals surface area contributed by atoms with Crippen LogP contribution in [0, 0.1) is 0 Å². The molecule has 23 heavy (non-hydrogen) atoms. The molecule has 6 nitrogen and oxygen atoms in total. The largest absolute Gasteiger partial charge is 0.468 e. The maximum absolute atomic E-state index is 11.9. The van der Waals surface area contributed by atoms with Gasteiger partial charge < -0.3 is 14.4 Å². The second-order valence-electron chi connectivity index (χ2n) is 5.81. The van der Waals surface area contributed by atoms with Crippen LogP contribution in [0.25, 0.3) is 0 Å². The molecule has 0 unspecified atom stereocenters. The summed E-state index contributed by atoms with van der Waals surface area (Å²) in [5.74, 6) is 0.569. The highest BCUT2D eigenvalue weighted by Crippen LogP contribution is 2.21. The SMILES string of the molecule is COC(=O)[C@H]1C[C@@H](O)CN1Cc1nccn1Cc1ccccc1. The lowest BCUT2D eigenvalue weighted by Gasteiger charge is -2.22. The number of aliphatic hydroxyl groups is 1. The first kappa shape index (κ1) is 15.7. The number of carbonyl (C=O) groups excluding carboxylic acids is 1. The predicted molar refractivity (Wildman–Crippen MR) is 84.6 cm³/mol. The monoisotopic (exact) mass is 315 g/mol. The topological polar surface area (TPSA) is 67.6 Å².